The summed E-state index contributed by atoms with van der Waals surface area (Å²) in [7, 11) is 0. The molecule has 0 aromatic heterocycles. The van der Waals surface area contributed by atoms with E-state index in [1.54, 1.807) is 18.2 Å². The van der Waals surface area contributed by atoms with Crippen LogP contribution in [0.1, 0.15) is 17.3 Å². The van der Waals surface area contributed by atoms with Crippen molar-refractivity contribution in [2.45, 2.75) is 13.1 Å². The van der Waals surface area contributed by atoms with Gasteiger partial charge in [0, 0.05) is 0 Å². The summed E-state index contributed by atoms with van der Waals surface area (Å²) in [6.45, 7) is 1.83. The Hall–Kier alpha value is -1.38. The molecule has 0 radical (unpaired) electrons. The van der Waals surface area contributed by atoms with E-state index < -0.39 is 12.1 Å². The third-order valence-corrected chi connectivity index (χ3v) is 1.58. The lowest BCUT2D eigenvalue weighted by Crippen LogP contribution is -2.17. The van der Waals surface area contributed by atoms with E-state index >= 15 is 0 Å². The van der Waals surface area contributed by atoms with Gasteiger partial charge in [-0.1, -0.05) is 29.8 Å². The number of aryl methyl sites for hydroxylation is 1. The van der Waals surface area contributed by atoms with Gasteiger partial charge in [0.05, 0.1) is 0 Å². The Bertz CT molecular complexity index is 298. The number of amides is 1. The highest BCUT2D eigenvalue weighted by atomic mass is 19.1. The van der Waals surface area contributed by atoms with E-state index in [0.717, 1.165) is 5.56 Å². The van der Waals surface area contributed by atoms with Gasteiger partial charge in [-0.15, -0.1) is 0 Å². The largest absolute Gasteiger partial charge is 0.367 e. The average Bonchev–Trinajstić information content (AvgIpc) is 2.03. The molecule has 0 spiro atoms. The van der Waals surface area contributed by atoms with Crippen molar-refractivity contribution < 1.29 is 9.18 Å². The summed E-state index contributed by atoms with van der Waals surface area (Å²) < 4.78 is 13.0. The first-order valence-electron chi connectivity index (χ1n) is 3.61. The molecule has 0 saturated heterocycles. The van der Waals surface area contributed by atoms with Gasteiger partial charge >= 0.3 is 0 Å². The Morgan fingerprint density at radius 3 is 2.75 bits per heavy atom. The normalized spacial score (nSPS) is 12.5. The van der Waals surface area contributed by atoms with Crippen LogP contribution in [0.15, 0.2) is 24.3 Å². The van der Waals surface area contributed by atoms with Crippen LogP contribution in [-0.4, -0.2) is 5.91 Å². The predicted octanol–water partition coefficient (Wildman–Crippen LogP) is 1.49. The van der Waals surface area contributed by atoms with Crippen LogP contribution >= 0.6 is 0 Å². The van der Waals surface area contributed by atoms with Gasteiger partial charge in [0.2, 0.25) is 6.17 Å². The van der Waals surface area contributed by atoms with E-state index in [0.29, 0.717) is 5.56 Å². The minimum absolute atomic E-state index is 0.322. The summed E-state index contributed by atoms with van der Waals surface area (Å²) in [5, 5.41) is 0. The molecule has 1 amide bonds. The Morgan fingerprint density at radius 2 is 2.25 bits per heavy atom. The maximum Gasteiger partial charge on any atom is 0.256 e. The quantitative estimate of drug-likeness (QED) is 0.712. The molecule has 0 aliphatic heterocycles. The molecule has 1 aromatic carbocycles. The highest BCUT2D eigenvalue weighted by Gasteiger charge is 2.15. The van der Waals surface area contributed by atoms with Crippen molar-refractivity contribution >= 4 is 5.91 Å². The number of nitrogens with two attached hydrogens (primary N) is 1. The van der Waals surface area contributed by atoms with Gasteiger partial charge in [0.25, 0.3) is 5.91 Å². The lowest BCUT2D eigenvalue weighted by molar-refractivity contribution is -0.122. The van der Waals surface area contributed by atoms with Crippen molar-refractivity contribution in [3.8, 4) is 0 Å². The van der Waals surface area contributed by atoms with E-state index in [1.807, 2.05) is 13.0 Å². The number of primary amides is 1. The zero-order chi connectivity index (χ0) is 9.14. The van der Waals surface area contributed by atoms with Gasteiger partial charge in [-0.3, -0.25) is 4.79 Å². The second-order valence-corrected chi connectivity index (χ2v) is 2.68. The van der Waals surface area contributed by atoms with Crippen molar-refractivity contribution in [2.24, 2.45) is 5.73 Å². The van der Waals surface area contributed by atoms with Crippen molar-refractivity contribution in [3.05, 3.63) is 35.4 Å². The number of rotatable bonds is 2. The van der Waals surface area contributed by atoms with Crippen LogP contribution in [-0.2, 0) is 4.79 Å². The molecule has 0 heterocycles. The van der Waals surface area contributed by atoms with Gasteiger partial charge < -0.3 is 5.73 Å². The molecule has 2 N–H and O–H groups in total. The monoisotopic (exact) mass is 167 g/mol. The number of hydrogen-bond acceptors (Lipinski definition) is 1. The van der Waals surface area contributed by atoms with Crippen molar-refractivity contribution in [3.63, 3.8) is 0 Å². The molecule has 0 saturated carbocycles. The predicted molar refractivity (Wildman–Crippen MR) is 44.2 cm³/mol. The molecule has 2 nitrogen and oxygen atoms in total. The Kier molecular flexibility index (Phi) is 2.43. The van der Waals surface area contributed by atoms with Gasteiger partial charge in [-0.2, -0.15) is 0 Å². The van der Waals surface area contributed by atoms with Crippen molar-refractivity contribution in [2.75, 3.05) is 0 Å². The molecule has 0 unspecified atom stereocenters. The van der Waals surface area contributed by atoms with Gasteiger partial charge in [0.15, 0.2) is 0 Å². The second-order valence-electron chi connectivity index (χ2n) is 2.68. The summed E-state index contributed by atoms with van der Waals surface area (Å²) in [5.41, 5.74) is 6.04. The van der Waals surface area contributed by atoms with Crippen LogP contribution in [0.4, 0.5) is 4.39 Å². The highest BCUT2D eigenvalue weighted by molar-refractivity contribution is 5.80. The third kappa shape index (κ3) is 1.81. The summed E-state index contributed by atoms with van der Waals surface area (Å²) in [6.07, 6.45) is -1.69. The smallest absolute Gasteiger partial charge is 0.256 e. The minimum atomic E-state index is -1.69. The molecular weight excluding hydrogens is 157 g/mol. The molecule has 64 valence electrons. The second kappa shape index (κ2) is 3.34. The summed E-state index contributed by atoms with van der Waals surface area (Å²) in [5.74, 6) is -0.944. The topological polar surface area (TPSA) is 43.1 Å². The van der Waals surface area contributed by atoms with E-state index in [-0.39, 0.29) is 0 Å². The van der Waals surface area contributed by atoms with Crippen LogP contribution in [0.25, 0.3) is 0 Å². The van der Waals surface area contributed by atoms with E-state index in [1.165, 1.54) is 0 Å². The molecule has 0 aliphatic rings. The standard InChI is InChI=1S/C9H10FNO/c1-6-3-2-4-7(5-6)8(10)9(11)12/h2-5,8H,1H3,(H2,11,12)/t8-/m1/s1. The average molecular weight is 167 g/mol. The van der Waals surface area contributed by atoms with Crippen molar-refractivity contribution in [1.29, 1.82) is 0 Å². The highest BCUT2D eigenvalue weighted by Crippen LogP contribution is 2.17. The van der Waals surface area contributed by atoms with Crippen LogP contribution in [0.3, 0.4) is 0 Å². The lowest BCUT2D eigenvalue weighted by Gasteiger charge is -2.03. The third-order valence-electron chi connectivity index (χ3n) is 1.58. The summed E-state index contributed by atoms with van der Waals surface area (Å²) >= 11 is 0. The molecule has 1 aromatic rings. The van der Waals surface area contributed by atoms with Crippen LogP contribution in [0.2, 0.25) is 0 Å². The van der Waals surface area contributed by atoms with Crippen LogP contribution < -0.4 is 5.73 Å². The summed E-state index contributed by atoms with van der Waals surface area (Å²) in [6, 6.07) is 6.68. The number of carbonyl (C=O) groups is 1. The number of benzene rings is 1. The molecule has 1 rings (SSSR count). The molecule has 0 aliphatic carbocycles. The van der Waals surface area contributed by atoms with Gasteiger partial charge in [-0.05, 0) is 12.5 Å². The molecule has 0 bridgehead atoms. The van der Waals surface area contributed by atoms with E-state index in [4.69, 9.17) is 5.73 Å². The number of hydrogen-bond donors (Lipinski definition) is 1. The van der Waals surface area contributed by atoms with Crippen molar-refractivity contribution in [1.82, 2.24) is 0 Å². The Labute approximate surface area is 70.2 Å². The minimum Gasteiger partial charge on any atom is -0.367 e. The fourth-order valence-corrected chi connectivity index (χ4v) is 0.992. The SMILES string of the molecule is Cc1cccc([C@@H](F)C(N)=O)c1. The molecule has 0 fully saturated rings. The number of alkyl halides is 1. The van der Waals surface area contributed by atoms with Gasteiger partial charge in [0.1, 0.15) is 0 Å². The first-order valence-corrected chi connectivity index (χ1v) is 3.61. The first kappa shape index (κ1) is 8.71. The van der Waals surface area contributed by atoms with Gasteiger partial charge in [-0.25, -0.2) is 4.39 Å². The maximum absolute atomic E-state index is 13.0. The lowest BCUT2D eigenvalue weighted by atomic mass is 10.1. The Balaban J connectivity index is 2.95. The maximum atomic E-state index is 13.0. The number of carbonyl (C=O) groups excluding carboxylic acids is 1. The zero-order valence-electron chi connectivity index (χ0n) is 6.75. The van der Waals surface area contributed by atoms with Crippen LogP contribution in [0.5, 0.6) is 0 Å². The van der Waals surface area contributed by atoms with Crippen LogP contribution in [0, 0.1) is 6.92 Å². The molecule has 1 atom stereocenters. The summed E-state index contributed by atoms with van der Waals surface area (Å²) in [4.78, 5) is 10.5. The number of halogens is 1. The fourth-order valence-electron chi connectivity index (χ4n) is 0.992. The fraction of sp³-hybridized carbons (Fsp3) is 0.222. The molecular formula is C9H10FNO. The first-order chi connectivity index (χ1) is 5.61. The van der Waals surface area contributed by atoms with E-state index in [2.05, 4.69) is 0 Å². The molecule has 3 heteroatoms. The zero-order valence-corrected chi connectivity index (χ0v) is 6.75. The Morgan fingerprint density at radius 1 is 1.58 bits per heavy atom. The molecule has 12 heavy (non-hydrogen) atoms. The van der Waals surface area contributed by atoms with E-state index in [9.17, 15) is 9.18 Å².